The summed E-state index contributed by atoms with van der Waals surface area (Å²) < 4.78 is 1.53. The average molecular weight is 314 g/mol. The summed E-state index contributed by atoms with van der Waals surface area (Å²) >= 11 is 1.52. The van der Waals surface area contributed by atoms with Gasteiger partial charge in [0.2, 0.25) is 10.8 Å². The van der Waals surface area contributed by atoms with Gasteiger partial charge in [-0.1, -0.05) is 48.1 Å². The molecular weight excluding hydrogens is 296 g/mol. The number of aromatic nitrogens is 3. The van der Waals surface area contributed by atoms with Crippen molar-refractivity contribution in [2.24, 2.45) is 0 Å². The summed E-state index contributed by atoms with van der Waals surface area (Å²) in [6.45, 7) is 2.12. The zero-order valence-electron chi connectivity index (χ0n) is 12.2. The highest BCUT2D eigenvalue weighted by atomic mass is 32.1. The number of rotatable bonds is 3. The van der Waals surface area contributed by atoms with Crippen LogP contribution >= 0.6 is 11.3 Å². The van der Waals surface area contributed by atoms with Crippen molar-refractivity contribution in [3.8, 4) is 5.88 Å². The summed E-state index contributed by atoms with van der Waals surface area (Å²) in [4.78, 5) is 8.35. The minimum atomic E-state index is 0.0787. The third-order valence-corrected chi connectivity index (χ3v) is 5.34. The molecular formula is C16H18N4OS. The predicted octanol–water partition coefficient (Wildman–Crippen LogP) is 3.07. The molecule has 0 unspecified atom stereocenters. The lowest BCUT2D eigenvalue weighted by Gasteiger charge is -2.34. The fourth-order valence-corrected chi connectivity index (χ4v) is 4.30. The van der Waals surface area contributed by atoms with Crippen LogP contribution in [0.4, 0.5) is 0 Å². The first kappa shape index (κ1) is 13.7. The molecule has 3 aromatic rings. The van der Waals surface area contributed by atoms with E-state index in [1.54, 1.807) is 0 Å². The zero-order valence-corrected chi connectivity index (χ0v) is 13.0. The zero-order chi connectivity index (χ0) is 14.9. The van der Waals surface area contributed by atoms with Crippen molar-refractivity contribution in [3.63, 3.8) is 0 Å². The van der Waals surface area contributed by atoms with E-state index >= 15 is 0 Å². The summed E-state index contributed by atoms with van der Waals surface area (Å²) in [5.41, 5.74) is 1.21. The molecule has 0 radical (unpaired) electrons. The van der Waals surface area contributed by atoms with Gasteiger partial charge >= 0.3 is 0 Å². The lowest BCUT2D eigenvalue weighted by molar-refractivity contribution is 0.186. The van der Waals surface area contributed by atoms with Crippen LogP contribution in [-0.2, 0) is 0 Å². The smallest absolute Gasteiger partial charge is 0.230 e. The van der Waals surface area contributed by atoms with Crippen molar-refractivity contribution in [2.75, 3.05) is 13.1 Å². The largest absolute Gasteiger partial charge is 0.492 e. The molecule has 22 heavy (non-hydrogen) atoms. The quantitative estimate of drug-likeness (QED) is 0.807. The van der Waals surface area contributed by atoms with Gasteiger partial charge in [-0.05, 0) is 31.5 Å². The van der Waals surface area contributed by atoms with Crippen molar-refractivity contribution in [2.45, 2.75) is 25.3 Å². The van der Waals surface area contributed by atoms with Gasteiger partial charge in [0.15, 0.2) is 0 Å². The van der Waals surface area contributed by atoms with Crippen LogP contribution in [0.25, 0.3) is 4.96 Å². The third kappa shape index (κ3) is 2.28. The standard InChI is InChI=1S/C16H18N4OS/c21-15-14(22-16-17-11-18-20(15)16)13(12-7-3-1-4-8-12)19-9-5-2-6-10-19/h1,3-4,7-8,11,13,21H,2,5-6,9-10H2/t13-/m1/s1. The second-order valence-electron chi connectivity index (χ2n) is 5.65. The van der Waals surface area contributed by atoms with Gasteiger partial charge in [0, 0.05) is 0 Å². The Hall–Kier alpha value is -1.92. The number of hydrogen-bond donors (Lipinski definition) is 1. The third-order valence-electron chi connectivity index (χ3n) is 4.26. The normalized spacial score (nSPS) is 17.8. The molecule has 1 aliphatic heterocycles. The topological polar surface area (TPSA) is 53.7 Å². The predicted molar refractivity (Wildman–Crippen MR) is 86.2 cm³/mol. The van der Waals surface area contributed by atoms with Gasteiger partial charge in [0.05, 0.1) is 10.9 Å². The molecule has 5 nitrogen and oxygen atoms in total. The molecule has 2 aromatic heterocycles. The Morgan fingerprint density at radius 1 is 1.09 bits per heavy atom. The van der Waals surface area contributed by atoms with Crippen molar-refractivity contribution in [1.29, 1.82) is 0 Å². The van der Waals surface area contributed by atoms with E-state index in [1.807, 2.05) is 6.07 Å². The Kier molecular flexibility index (Phi) is 3.56. The molecule has 1 fully saturated rings. The van der Waals surface area contributed by atoms with Crippen LogP contribution < -0.4 is 0 Å². The van der Waals surface area contributed by atoms with Gasteiger partial charge in [-0.2, -0.15) is 9.61 Å². The number of hydrogen-bond acceptors (Lipinski definition) is 5. The first-order valence-corrected chi connectivity index (χ1v) is 8.46. The van der Waals surface area contributed by atoms with Crippen molar-refractivity contribution >= 4 is 16.3 Å². The highest BCUT2D eigenvalue weighted by Crippen LogP contribution is 2.40. The lowest BCUT2D eigenvalue weighted by Crippen LogP contribution is -2.34. The Bertz CT molecular complexity index is 761. The monoisotopic (exact) mass is 314 g/mol. The molecule has 0 aliphatic carbocycles. The molecule has 0 saturated carbocycles. The van der Waals surface area contributed by atoms with Gasteiger partial charge in [0.1, 0.15) is 6.33 Å². The van der Waals surface area contributed by atoms with Crippen molar-refractivity contribution in [3.05, 3.63) is 47.1 Å². The first-order chi connectivity index (χ1) is 10.8. The summed E-state index contributed by atoms with van der Waals surface area (Å²) in [5.74, 6) is 0.219. The summed E-state index contributed by atoms with van der Waals surface area (Å²) in [5, 5.41) is 14.7. The molecule has 1 atom stereocenters. The van der Waals surface area contributed by atoms with E-state index in [0.717, 1.165) is 22.9 Å². The summed E-state index contributed by atoms with van der Waals surface area (Å²) in [6, 6.07) is 10.5. The molecule has 4 rings (SSSR count). The molecule has 0 bridgehead atoms. The maximum Gasteiger partial charge on any atom is 0.230 e. The van der Waals surface area contributed by atoms with E-state index in [4.69, 9.17) is 0 Å². The fraction of sp³-hybridized carbons (Fsp3) is 0.375. The first-order valence-electron chi connectivity index (χ1n) is 7.65. The molecule has 1 N–H and O–H groups in total. The van der Waals surface area contributed by atoms with Crippen LogP contribution in [0.15, 0.2) is 36.7 Å². The Balaban J connectivity index is 1.82. The van der Waals surface area contributed by atoms with E-state index in [0.29, 0.717) is 0 Å². The van der Waals surface area contributed by atoms with Crippen LogP contribution in [0.5, 0.6) is 5.88 Å². The Morgan fingerprint density at radius 3 is 2.59 bits per heavy atom. The van der Waals surface area contributed by atoms with Gasteiger partial charge in [0.25, 0.3) is 0 Å². The highest BCUT2D eigenvalue weighted by Gasteiger charge is 2.29. The number of likely N-dealkylation sites (tertiary alicyclic amines) is 1. The maximum absolute atomic E-state index is 10.6. The molecule has 114 valence electrons. The second-order valence-corrected chi connectivity index (χ2v) is 6.66. The average Bonchev–Trinajstić information content (AvgIpc) is 3.14. The molecule has 1 saturated heterocycles. The molecule has 0 spiro atoms. The number of fused-ring (bicyclic) bond motifs is 1. The van der Waals surface area contributed by atoms with Crippen molar-refractivity contribution < 1.29 is 5.11 Å². The van der Waals surface area contributed by atoms with E-state index in [9.17, 15) is 5.11 Å². The molecule has 6 heteroatoms. The van der Waals surface area contributed by atoms with Gasteiger partial charge in [-0.3, -0.25) is 4.90 Å². The van der Waals surface area contributed by atoms with Crippen LogP contribution in [0.1, 0.15) is 35.7 Å². The van der Waals surface area contributed by atoms with Crippen molar-refractivity contribution in [1.82, 2.24) is 19.5 Å². The lowest BCUT2D eigenvalue weighted by atomic mass is 10.0. The Morgan fingerprint density at radius 2 is 1.86 bits per heavy atom. The minimum absolute atomic E-state index is 0.0787. The highest BCUT2D eigenvalue weighted by molar-refractivity contribution is 7.17. The van der Waals surface area contributed by atoms with E-state index in [-0.39, 0.29) is 11.9 Å². The second kappa shape index (κ2) is 5.70. The van der Waals surface area contributed by atoms with Crippen LogP contribution in [-0.4, -0.2) is 37.7 Å². The van der Waals surface area contributed by atoms with E-state index < -0.39 is 0 Å². The van der Waals surface area contributed by atoms with Gasteiger partial charge < -0.3 is 5.11 Å². The fourth-order valence-electron chi connectivity index (χ4n) is 3.21. The summed E-state index contributed by atoms with van der Waals surface area (Å²) in [7, 11) is 0. The molecule has 1 aliphatic rings. The maximum atomic E-state index is 10.6. The minimum Gasteiger partial charge on any atom is -0.492 e. The Labute approximate surface area is 132 Å². The van der Waals surface area contributed by atoms with E-state index in [2.05, 4.69) is 39.2 Å². The molecule has 1 aromatic carbocycles. The van der Waals surface area contributed by atoms with E-state index in [1.165, 1.54) is 47.0 Å². The van der Waals surface area contributed by atoms with Crippen LogP contribution in [0.2, 0.25) is 0 Å². The van der Waals surface area contributed by atoms with Crippen LogP contribution in [0.3, 0.4) is 0 Å². The number of benzene rings is 1. The van der Waals surface area contributed by atoms with Crippen LogP contribution in [0, 0.1) is 0 Å². The number of piperidine rings is 1. The number of thiazole rings is 1. The SMILES string of the molecule is Oc1c([C@@H](c2ccccc2)N2CCCCC2)sc2ncnn12. The summed E-state index contributed by atoms with van der Waals surface area (Å²) in [6.07, 6.45) is 5.20. The number of aromatic hydroxyl groups is 1. The molecule has 3 heterocycles. The van der Waals surface area contributed by atoms with Gasteiger partial charge in [-0.15, -0.1) is 0 Å². The van der Waals surface area contributed by atoms with Gasteiger partial charge in [-0.25, -0.2) is 4.98 Å². The number of nitrogens with zero attached hydrogens (tertiary/aromatic N) is 4. The molecule has 0 amide bonds.